The van der Waals surface area contributed by atoms with Crippen LogP contribution in [0.5, 0.6) is 0 Å². The number of piperidine rings is 1. The molecule has 1 aliphatic heterocycles. The summed E-state index contributed by atoms with van der Waals surface area (Å²) in [6.07, 6.45) is 2.90. The van der Waals surface area contributed by atoms with Gasteiger partial charge in [0.2, 0.25) is 5.89 Å². The summed E-state index contributed by atoms with van der Waals surface area (Å²) in [5.74, 6) is 2.56. The van der Waals surface area contributed by atoms with Gasteiger partial charge in [0.05, 0.1) is 13.2 Å². The number of likely N-dealkylation sites (tertiary alicyclic amines) is 1. The molecule has 0 spiro atoms. The predicted molar refractivity (Wildman–Crippen MR) is 103 cm³/mol. The lowest BCUT2D eigenvalue weighted by molar-refractivity contribution is 0.128. The quantitative estimate of drug-likeness (QED) is 0.504. The van der Waals surface area contributed by atoms with Gasteiger partial charge < -0.3 is 24.8 Å². The van der Waals surface area contributed by atoms with Crippen LogP contribution in [-0.4, -0.2) is 73.5 Å². The summed E-state index contributed by atoms with van der Waals surface area (Å²) in [5.41, 5.74) is 0. The molecule has 0 unspecified atom stereocenters. The Kier molecular flexibility index (Phi) is 8.84. The van der Waals surface area contributed by atoms with Crippen molar-refractivity contribution in [3.8, 4) is 0 Å². The average molecular weight is 367 g/mol. The number of nitrogens with one attached hydrogen (secondary N) is 2. The molecule has 148 valence electrons. The van der Waals surface area contributed by atoms with Gasteiger partial charge in [0.25, 0.3) is 0 Å². The van der Waals surface area contributed by atoms with Crippen LogP contribution < -0.4 is 10.6 Å². The predicted octanol–water partition coefficient (Wildman–Crippen LogP) is 1.40. The van der Waals surface area contributed by atoms with E-state index in [4.69, 9.17) is 9.26 Å². The molecule has 1 aliphatic rings. The summed E-state index contributed by atoms with van der Waals surface area (Å²) >= 11 is 0. The molecule has 0 radical (unpaired) electrons. The fraction of sp³-hybridized carbons (Fsp3) is 0.833. The van der Waals surface area contributed by atoms with Crippen LogP contribution in [0.15, 0.2) is 9.52 Å². The number of aromatic nitrogens is 2. The highest BCUT2D eigenvalue weighted by molar-refractivity contribution is 5.80. The van der Waals surface area contributed by atoms with Crippen molar-refractivity contribution in [3.63, 3.8) is 0 Å². The van der Waals surface area contributed by atoms with E-state index in [1.54, 1.807) is 7.11 Å². The number of ether oxygens (including phenoxy) is 1. The van der Waals surface area contributed by atoms with E-state index in [1.165, 1.54) is 0 Å². The fourth-order valence-electron chi connectivity index (χ4n) is 2.90. The SMILES string of the molecule is CCNC(=NCCc1nc(C(C)C)no1)NC1CCN(CCOC)CC1. The Labute approximate surface area is 156 Å². The van der Waals surface area contributed by atoms with Crippen molar-refractivity contribution >= 4 is 5.96 Å². The maximum absolute atomic E-state index is 5.27. The molecule has 0 amide bonds. The van der Waals surface area contributed by atoms with Gasteiger partial charge in [-0.15, -0.1) is 0 Å². The third-order valence-corrected chi connectivity index (χ3v) is 4.48. The maximum Gasteiger partial charge on any atom is 0.228 e. The molecule has 2 heterocycles. The zero-order valence-corrected chi connectivity index (χ0v) is 16.6. The molecule has 1 fully saturated rings. The zero-order valence-electron chi connectivity index (χ0n) is 16.6. The second-order valence-corrected chi connectivity index (χ2v) is 6.96. The minimum absolute atomic E-state index is 0.282. The first kappa shape index (κ1) is 20.6. The Morgan fingerprint density at radius 1 is 1.38 bits per heavy atom. The van der Waals surface area contributed by atoms with Crippen molar-refractivity contribution in [2.45, 2.75) is 52.0 Å². The highest BCUT2D eigenvalue weighted by atomic mass is 16.5. The van der Waals surface area contributed by atoms with Gasteiger partial charge in [-0.1, -0.05) is 19.0 Å². The van der Waals surface area contributed by atoms with E-state index in [9.17, 15) is 0 Å². The highest BCUT2D eigenvalue weighted by Gasteiger charge is 2.19. The Bertz CT molecular complexity index is 538. The number of rotatable bonds is 9. The van der Waals surface area contributed by atoms with Crippen molar-refractivity contribution in [2.75, 3.05) is 46.4 Å². The minimum Gasteiger partial charge on any atom is -0.383 e. The van der Waals surface area contributed by atoms with Crippen LogP contribution in [0.3, 0.4) is 0 Å². The Morgan fingerprint density at radius 3 is 2.77 bits per heavy atom. The van der Waals surface area contributed by atoms with E-state index < -0.39 is 0 Å². The number of methoxy groups -OCH3 is 1. The first-order valence-electron chi connectivity index (χ1n) is 9.71. The smallest absolute Gasteiger partial charge is 0.228 e. The van der Waals surface area contributed by atoms with E-state index >= 15 is 0 Å². The lowest BCUT2D eigenvalue weighted by Gasteiger charge is -2.32. The van der Waals surface area contributed by atoms with E-state index in [0.29, 0.717) is 24.9 Å². The van der Waals surface area contributed by atoms with E-state index in [1.807, 2.05) is 0 Å². The van der Waals surface area contributed by atoms with Gasteiger partial charge in [-0.3, -0.25) is 4.99 Å². The second kappa shape index (κ2) is 11.1. The minimum atomic E-state index is 0.282. The Balaban J connectivity index is 1.77. The number of aliphatic imine (C=N–C) groups is 1. The molecular formula is C18H34N6O2. The summed E-state index contributed by atoms with van der Waals surface area (Å²) in [6, 6.07) is 0.461. The van der Waals surface area contributed by atoms with Crippen LogP contribution >= 0.6 is 0 Å². The van der Waals surface area contributed by atoms with Gasteiger partial charge in [0.15, 0.2) is 11.8 Å². The fourth-order valence-corrected chi connectivity index (χ4v) is 2.90. The van der Waals surface area contributed by atoms with Crippen molar-refractivity contribution < 1.29 is 9.26 Å². The van der Waals surface area contributed by atoms with E-state index in [-0.39, 0.29) is 5.92 Å². The highest BCUT2D eigenvalue weighted by Crippen LogP contribution is 2.11. The number of guanidine groups is 1. The molecular weight excluding hydrogens is 332 g/mol. The molecule has 8 heteroatoms. The molecule has 26 heavy (non-hydrogen) atoms. The molecule has 2 N–H and O–H groups in total. The van der Waals surface area contributed by atoms with Crippen LogP contribution in [0.4, 0.5) is 0 Å². The largest absolute Gasteiger partial charge is 0.383 e. The molecule has 1 saturated heterocycles. The van der Waals surface area contributed by atoms with Gasteiger partial charge in [-0.05, 0) is 19.8 Å². The summed E-state index contributed by atoms with van der Waals surface area (Å²) in [6.45, 7) is 11.7. The maximum atomic E-state index is 5.27. The molecule has 0 aliphatic carbocycles. The third-order valence-electron chi connectivity index (χ3n) is 4.48. The van der Waals surface area contributed by atoms with Crippen molar-refractivity contribution in [3.05, 3.63) is 11.7 Å². The van der Waals surface area contributed by atoms with Crippen molar-refractivity contribution in [1.82, 2.24) is 25.7 Å². The molecule has 0 atom stereocenters. The number of hydrogen-bond donors (Lipinski definition) is 2. The molecule has 2 rings (SSSR count). The summed E-state index contributed by atoms with van der Waals surface area (Å²) in [4.78, 5) is 11.5. The van der Waals surface area contributed by atoms with Crippen LogP contribution in [0.1, 0.15) is 51.2 Å². The molecule has 1 aromatic rings. The van der Waals surface area contributed by atoms with Crippen LogP contribution in [-0.2, 0) is 11.2 Å². The Morgan fingerprint density at radius 2 is 2.15 bits per heavy atom. The van der Waals surface area contributed by atoms with Gasteiger partial charge in [-0.25, -0.2) is 0 Å². The van der Waals surface area contributed by atoms with Gasteiger partial charge in [-0.2, -0.15) is 4.98 Å². The van der Waals surface area contributed by atoms with E-state index in [2.05, 4.69) is 51.4 Å². The molecule has 0 bridgehead atoms. The normalized spacial score (nSPS) is 17.0. The summed E-state index contributed by atoms with van der Waals surface area (Å²) in [7, 11) is 1.76. The van der Waals surface area contributed by atoms with Crippen molar-refractivity contribution in [1.29, 1.82) is 0 Å². The summed E-state index contributed by atoms with van der Waals surface area (Å²) in [5, 5.41) is 10.9. The molecule has 0 aromatic carbocycles. The van der Waals surface area contributed by atoms with Crippen LogP contribution in [0.25, 0.3) is 0 Å². The van der Waals surface area contributed by atoms with Crippen LogP contribution in [0.2, 0.25) is 0 Å². The standard InChI is InChI=1S/C18H34N6O2/c1-5-19-18(20-9-6-16-22-17(14(2)3)23-26-16)21-15-7-10-24(11-8-15)12-13-25-4/h14-15H,5-13H2,1-4H3,(H2,19,20,21). The second-order valence-electron chi connectivity index (χ2n) is 6.96. The third kappa shape index (κ3) is 6.92. The molecule has 8 nitrogen and oxygen atoms in total. The van der Waals surface area contributed by atoms with Crippen LogP contribution in [0, 0.1) is 0 Å². The van der Waals surface area contributed by atoms with Gasteiger partial charge in [0.1, 0.15) is 0 Å². The van der Waals surface area contributed by atoms with Gasteiger partial charge >= 0.3 is 0 Å². The Hall–Kier alpha value is -1.67. The lowest BCUT2D eigenvalue weighted by atomic mass is 10.1. The van der Waals surface area contributed by atoms with E-state index in [0.717, 1.165) is 57.4 Å². The monoisotopic (exact) mass is 366 g/mol. The number of nitrogens with zero attached hydrogens (tertiary/aromatic N) is 4. The lowest BCUT2D eigenvalue weighted by Crippen LogP contribution is -2.49. The number of hydrogen-bond acceptors (Lipinski definition) is 6. The molecule has 0 saturated carbocycles. The zero-order chi connectivity index (χ0) is 18.8. The first-order chi connectivity index (χ1) is 12.6. The van der Waals surface area contributed by atoms with Crippen molar-refractivity contribution in [2.24, 2.45) is 4.99 Å². The first-order valence-corrected chi connectivity index (χ1v) is 9.71. The van der Waals surface area contributed by atoms with Gasteiger partial charge in [0, 0.05) is 51.7 Å². The molecule has 1 aromatic heterocycles. The summed E-state index contributed by atoms with van der Waals surface area (Å²) < 4.78 is 10.4. The topological polar surface area (TPSA) is 87.8 Å². The average Bonchev–Trinajstić information content (AvgIpc) is 3.10.